The number of carbonyl (C=O) groups is 2. The average molecular weight is 645 g/mol. The first-order valence-electron chi connectivity index (χ1n) is 13.5. The summed E-state index contributed by atoms with van der Waals surface area (Å²) in [4.78, 5) is 28.5. The highest BCUT2D eigenvalue weighted by atomic mass is 79.9. The number of amides is 2. The van der Waals surface area contributed by atoms with Gasteiger partial charge in [0.15, 0.2) is 0 Å². The molecule has 0 aliphatic heterocycles. The molecule has 2 amide bonds. The highest BCUT2D eigenvalue weighted by Crippen LogP contribution is 2.31. The van der Waals surface area contributed by atoms with Crippen LogP contribution in [0.5, 0.6) is 5.75 Å². The molecule has 1 unspecified atom stereocenters. The summed E-state index contributed by atoms with van der Waals surface area (Å²) in [5, 5.41) is 2.90. The smallest absolute Gasteiger partial charge is 0.264 e. The number of aryl methyl sites for hydroxylation is 1. The molecule has 41 heavy (non-hydrogen) atoms. The van der Waals surface area contributed by atoms with Gasteiger partial charge in [-0.05, 0) is 78.0 Å². The van der Waals surface area contributed by atoms with Gasteiger partial charge in [-0.25, -0.2) is 8.42 Å². The van der Waals surface area contributed by atoms with E-state index in [9.17, 15) is 18.0 Å². The standard InChI is InChI=1S/C31H38BrN3O5S/c1-22(2)20-33-31(37)24(4)34(18-17-25-9-7-6-8-10-25)30(36)21-35(26-13-11-23(3)12-14-26)41(38,39)27-15-16-29(40-5)28(32)19-27/h6-16,19,22,24H,17-18,20-21H2,1-5H3,(H,33,37). The second-order valence-corrected chi connectivity index (χ2v) is 13.0. The van der Waals surface area contributed by atoms with Crippen LogP contribution in [0.2, 0.25) is 0 Å². The van der Waals surface area contributed by atoms with E-state index in [1.165, 1.54) is 24.1 Å². The van der Waals surface area contributed by atoms with Crippen LogP contribution in [-0.2, 0) is 26.0 Å². The summed E-state index contributed by atoms with van der Waals surface area (Å²) in [5.41, 5.74) is 2.30. The molecule has 0 bridgehead atoms. The zero-order valence-electron chi connectivity index (χ0n) is 24.1. The van der Waals surface area contributed by atoms with Crippen LogP contribution < -0.4 is 14.4 Å². The number of carbonyl (C=O) groups excluding carboxylic acids is 2. The third-order valence-corrected chi connectivity index (χ3v) is 9.04. The van der Waals surface area contributed by atoms with Gasteiger partial charge in [0.25, 0.3) is 10.0 Å². The number of nitrogens with zero attached hydrogens (tertiary/aromatic N) is 2. The number of hydrogen-bond donors (Lipinski definition) is 1. The van der Waals surface area contributed by atoms with Crippen molar-refractivity contribution < 1.29 is 22.7 Å². The maximum Gasteiger partial charge on any atom is 0.264 e. The Morgan fingerprint density at radius 2 is 1.63 bits per heavy atom. The average Bonchev–Trinajstić information content (AvgIpc) is 2.95. The Labute approximate surface area is 251 Å². The molecule has 0 saturated carbocycles. The van der Waals surface area contributed by atoms with Gasteiger partial charge in [-0.2, -0.15) is 0 Å². The summed E-state index contributed by atoms with van der Waals surface area (Å²) in [5.74, 6) is -0.0466. The molecule has 3 aromatic rings. The van der Waals surface area contributed by atoms with Gasteiger partial charge in [0.2, 0.25) is 11.8 Å². The van der Waals surface area contributed by atoms with Crippen molar-refractivity contribution in [3.05, 3.63) is 88.4 Å². The molecule has 0 aromatic heterocycles. The van der Waals surface area contributed by atoms with Gasteiger partial charge in [-0.1, -0.05) is 61.9 Å². The lowest BCUT2D eigenvalue weighted by Crippen LogP contribution is -2.52. The predicted octanol–water partition coefficient (Wildman–Crippen LogP) is 5.19. The van der Waals surface area contributed by atoms with E-state index < -0.39 is 28.5 Å². The van der Waals surface area contributed by atoms with Crippen LogP contribution in [0, 0.1) is 12.8 Å². The van der Waals surface area contributed by atoms with Crippen LogP contribution in [0.1, 0.15) is 31.9 Å². The summed E-state index contributed by atoms with van der Waals surface area (Å²) in [6.07, 6.45) is 0.511. The van der Waals surface area contributed by atoms with E-state index >= 15 is 0 Å². The molecular weight excluding hydrogens is 606 g/mol. The number of nitrogens with one attached hydrogen (secondary N) is 1. The predicted molar refractivity (Wildman–Crippen MR) is 166 cm³/mol. The number of rotatable bonds is 13. The Kier molecular flexibility index (Phi) is 11.4. The topological polar surface area (TPSA) is 96.0 Å². The summed E-state index contributed by atoms with van der Waals surface area (Å²) < 4.78 is 34.8. The molecule has 1 atom stereocenters. The molecule has 8 nitrogen and oxygen atoms in total. The molecular formula is C31H38BrN3O5S. The number of ether oxygens (including phenoxy) is 1. The largest absolute Gasteiger partial charge is 0.496 e. The Bertz CT molecular complexity index is 1430. The van der Waals surface area contributed by atoms with Gasteiger partial charge in [0.1, 0.15) is 18.3 Å². The van der Waals surface area contributed by atoms with E-state index in [0.717, 1.165) is 15.4 Å². The molecule has 0 aliphatic rings. The third-order valence-electron chi connectivity index (χ3n) is 6.65. The normalized spacial score (nSPS) is 12.1. The lowest BCUT2D eigenvalue weighted by atomic mass is 10.1. The highest BCUT2D eigenvalue weighted by Gasteiger charge is 2.32. The Hall–Kier alpha value is -3.37. The van der Waals surface area contributed by atoms with E-state index in [1.807, 2.05) is 51.1 Å². The van der Waals surface area contributed by atoms with Crippen LogP contribution >= 0.6 is 15.9 Å². The van der Waals surface area contributed by atoms with Crippen molar-refractivity contribution in [3.63, 3.8) is 0 Å². The zero-order chi connectivity index (χ0) is 30.2. The van der Waals surface area contributed by atoms with E-state index in [0.29, 0.717) is 28.9 Å². The van der Waals surface area contributed by atoms with Gasteiger partial charge in [0, 0.05) is 13.1 Å². The molecule has 3 aromatic carbocycles. The van der Waals surface area contributed by atoms with Crippen molar-refractivity contribution in [2.45, 2.75) is 45.1 Å². The fourth-order valence-corrected chi connectivity index (χ4v) is 6.33. The fraction of sp³-hybridized carbons (Fsp3) is 0.355. The number of hydrogen-bond acceptors (Lipinski definition) is 5. The Balaban J connectivity index is 1.98. The second kappa shape index (κ2) is 14.5. The molecule has 0 fully saturated rings. The molecule has 0 heterocycles. The minimum atomic E-state index is -4.18. The summed E-state index contributed by atoms with van der Waals surface area (Å²) >= 11 is 3.36. The number of halogens is 1. The van der Waals surface area contributed by atoms with Crippen LogP contribution in [0.15, 0.2) is 82.2 Å². The molecule has 0 spiro atoms. The van der Waals surface area contributed by atoms with Crippen LogP contribution in [-0.4, -0.2) is 57.9 Å². The van der Waals surface area contributed by atoms with Crippen LogP contribution in [0.4, 0.5) is 5.69 Å². The van der Waals surface area contributed by atoms with E-state index in [4.69, 9.17) is 4.74 Å². The van der Waals surface area contributed by atoms with Crippen LogP contribution in [0.3, 0.4) is 0 Å². The van der Waals surface area contributed by atoms with Gasteiger partial charge in [-0.15, -0.1) is 0 Å². The SMILES string of the molecule is COc1ccc(S(=O)(=O)N(CC(=O)N(CCc2ccccc2)C(C)C(=O)NCC(C)C)c2ccc(C)cc2)cc1Br. The fourth-order valence-electron chi connectivity index (χ4n) is 4.20. The molecule has 0 aliphatic carbocycles. The van der Waals surface area contributed by atoms with Crippen molar-refractivity contribution in [3.8, 4) is 5.75 Å². The van der Waals surface area contributed by atoms with Crippen molar-refractivity contribution in [1.82, 2.24) is 10.2 Å². The van der Waals surface area contributed by atoms with Gasteiger partial charge >= 0.3 is 0 Å². The summed E-state index contributed by atoms with van der Waals surface area (Å²) in [7, 11) is -2.68. The molecule has 220 valence electrons. The number of benzene rings is 3. The molecule has 3 rings (SSSR count). The first-order chi connectivity index (χ1) is 19.4. The minimum Gasteiger partial charge on any atom is -0.496 e. The van der Waals surface area contributed by atoms with Crippen molar-refractivity contribution in [2.75, 3.05) is 31.0 Å². The Morgan fingerprint density at radius 3 is 2.22 bits per heavy atom. The lowest BCUT2D eigenvalue weighted by molar-refractivity contribution is -0.138. The lowest BCUT2D eigenvalue weighted by Gasteiger charge is -2.32. The monoisotopic (exact) mass is 643 g/mol. The molecule has 0 radical (unpaired) electrons. The summed E-state index contributed by atoms with van der Waals surface area (Å²) in [6, 6.07) is 20.2. The van der Waals surface area contributed by atoms with Gasteiger partial charge < -0.3 is 15.0 Å². The molecule has 0 saturated heterocycles. The van der Waals surface area contributed by atoms with E-state index in [2.05, 4.69) is 21.2 Å². The first kappa shape index (κ1) is 32.1. The number of methoxy groups -OCH3 is 1. The molecule has 10 heteroatoms. The van der Waals surface area contributed by atoms with E-state index in [1.54, 1.807) is 37.3 Å². The summed E-state index contributed by atoms with van der Waals surface area (Å²) in [6.45, 7) is 7.79. The van der Waals surface area contributed by atoms with Gasteiger partial charge in [0.05, 0.1) is 22.2 Å². The maximum absolute atomic E-state index is 14.0. The quantitative estimate of drug-likeness (QED) is 0.276. The Morgan fingerprint density at radius 1 is 0.976 bits per heavy atom. The highest BCUT2D eigenvalue weighted by molar-refractivity contribution is 9.10. The van der Waals surface area contributed by atoms with Crippen molar-refractivity contribution >= 4 is 43.5 Å². The van der Waals surface area contributed by atoms with Crippen molar-refractivity contribution in [2.24, 2.45) is 5.92 Å². The van der Waals surface area contributed by atoms with Gasteiger partial charge in [-0.3, -0.25) is 13.9 Å². The number of anilines is 1. The van der Waals surface area contributed by atoms with Crippen molar-refractivity contribution in [1.29, 1.82) is 0 Å². The minimum absolute atomic E-state index is 0.00268. The second-order valence-electron chi connectivity index (χ2n) is 10.3. The van der Waals surface area contributed by atoms with Crippen LogP contribution in [0.25, 0.3) is 0 Å². The third kappa shape index (κ3) is 8.56. The number of sulfonamides is 1. The van der Waals surface area contributed by atoms with E-state index in [-0.39, 0.29) is 23.3 Å². The molecule has 1 N–H and O–H groups in total. The maximum atomic E-state index is 14.0. The first-order valence-corrected chi connectivity index (χ1v) is 15.7. The zero-order valence-corrected chi connectivity index (χ0v) is 26.5.